The highest BCUT2D eigenvalue weighted by atomic mass is 35.5. The number of nitrogen functional groups attached to an aromatic ring is 1. The van der Waals surface area contributed by atoms with Crippen molar-refractivity contribution in [2.75, 3.05) is 5.73 Å². The van der Waals surface area contributed by atoms with Crippen molar-refractivity contribution < 1.29 is 0 Å². The van der Waals surface area contributed by atoms with Crippen molar-refractivity contribution in [2.24, 2.45) is 5.73 Å². The third kappa shape index (κ3) is 1.90. The molecule has 2 nitrogen and oxygen atoms in total. The van der Waals surface area contributed by atoms with Crippen molar-refractivity contribution in [3.8, 4) is 0 Å². The van der Waals surface area contributed by atoms with E-state index in [0.29, 0.717) is 10.7 Å². The zero-order chi connectivity index (χ0) is 9.14. The second-order valence-electron chi connectivity index (χ2n) is 2.80. The van der Waals surface area contributed by atoms with Gasteiger partial charge in [0.15, 0.2) is 0 Å². The summed E-state index contributed by atoms with van der Waals surface area (Å²) in [6, 6.07) is 5.44. The number of hydrogen-bond acceptors (Lipinski definition) is 2. The van der Waals surface area contributed by atoms with Crippen molar-refractivity contribution in [2.45, 2.75) is 19.4 Å². The fourth-order valence-corrected chi connectivity index (χ4v) is 1.39. The zero-order valence-electron chi connectivity index (χ0n) is 7.05. The maximum absolute atomic E-state index is 5.94. The lowest BCUT2D eigenvalue weighted by molar-refractivity contribution is 0.699. The third-order valence-electron chi connectivity index (χ3n) is 1.86. The first-order valence-electron chi connectivity index (χ1n) is 3.95. The minimum Gasteiger partial charge on any atom is -0.399 e. The molecule has 66 valence electrons. The maximum Gasteiger partial charge on any atom is 0.0474 e. The second-order valence-corrected chi connectivity index (χ2v) is 3.20. The van der Waals surface area contributed by atoms with Gasteiger partial charge in [-0.2, -0.15) is 0 Å². The molecule has 1 aromatic rings. The number of anilines is 1. The highest BCUT2D eigenvalue weighted by Crippen LogP contribution is 2.25. The molecule has 0 fully saturated rings. The van der Waals surface area contributed by atoms with Gasteiger partial charge >= 0.3 is 0 Å². The first kappa shape index (κ1) is 9.36. The average Bonchev–Trinajstić information content (AvgIpc) is 2.03. The molecular formula is C9H13ClN2. The van der Waals surface area contributed by atoms with E-state index in [1.54, 1.807) is 6.07 Å². The van der Waals surface area contributed by atoms with Crippen LogP contribution in [0.15, 0.2) is 18.2 Å². The van der Waals surface area contributed by atoms with E-state index < -0.39 is 0 Å². The van der Waals surface area contributed by atoms with E-state index in [0.717, 1.165) is 12.0 Å². The Morgan fingerprint density at radius 1 is 1.50 bits per heavy atom. The van der Waals surface area contributed by atoms with Crippen molar-refractivity contribution in [1.82, 2.24) is 0 Å². The van der Waals surface area contributed by atoms with E-state index in [1.807, 2.05) is 19.1 Å². The molecule has 0 heterocycles. The van der Waals surface area contributed by atoms with Crippen LogP contribution in [-0.4, -0.2) is 0 Å². The van der Waals surface area contributed by atoms with Crippen LogP contribution in [0.5, 0.6) is 0 Å². The predicted octanol–water partition coefficient (Wildman–Crippen LogP) is 2.33. The molecule has 1 aromatic carbocycles. The van der Waals surface area contributed by atoms with Crippen LogP contribution < -0.4 is 11.5 Å². The number of nitrogens with two attached hydrogens (primary N) is 2. The Hall–Kier alpha value is -0.730. The molecule has 0 aromatic heterocycles. The summed E-state index contributed by atoms with van der Waals surface area (Å²) in [5.74, 6) is 0. The number of rotatable bonds is 2. The molecule has 0 amide bonds. The molecule has 1 rings (SSSR count). The van der Waals surface area contributed by atoms with Gasteiger partial charge in [-0.3, -0.25) is 0 Å². The molecular weight excluding hydrogens is 172 g/mol. The van der Waals surface area contributed by atoms with Crippen LogP contribution in [0.1, 0.15) is 24.9 Å². The predicted molar refractivity (Wildman–Crippen MR) is 53.1 cm³/mol. The highest BCUT2D eigenvalue weighted by Gasteiger charge is 2.07. The van der Waals surface area contributed by atoms with Crippen molar-refractivity contribution in [3.05, 3.63) is 28.8 Å². The summed E-state index contributed by atoms with van der Waals surface area (Å²) in [5.41, 5.74) is 13.0. The lowest BCUT2D eigenvalue weighted by atomic mass is 10.1. The molecule has 12 heavy (non-hydrogen) atoms. The Bertz CT molecular complexity index is 273. The standard InChI is InChI=1S/C9H13ClN2/c1-2-9(12)7-4-3-6(11)5-8(7)10/h3-5,9H,2,11-12H2,1H3. The van der Waals surface area contributed by atoms with Gasteiger partial charge in [-0.15, -0.1) is 0 Å². The maximum atomic E-state index is 5.94. The molecule has 0 aliphatic carbocycles. The summed E-state index contributed by atoms with van der Waals surface area (Å²) in [7, 11) is 0. The fourth-order valence-electron chi connectivity index (χ4n) is 1.06. The first-order chi connectivity index (χ1) is 5.65. The minimum absolute atomic E-state index is 0.0121. The largest absolute Gasteiger partial charge is 0.399 e. The number of benzene rings is 1. The Kier molecular flexibility index (Phi) is 2.95. The van der Waals surface area contributed by atoms with Crippen molar-refractivity contribution in [3.63, 3.8) is 0 Å². The van der Waals surface area contributed by atoms with Crippen LogP contribution >= 0.6 is 11.6 Å². The second kappa shape index (κ2) is 3.78. The van der Waals surface area contributed by atoms with Gasteiger partial charge in [-0.1, -0.05) is 24.6 Å². The van der Waals surface area contributed by atoms with Gasteiger partial charge in [-0.25, -0.2) is 0 Å². The quantitative estimate of drug-likeness (QED) is 0.694. The molecule has 0 aliphatic rings. The molecule has 0 saturated heterocycles. The number of hydrogen-bond donors (Lipinski definition) is 2. The van der Waals surface area contributed by atoms with Gasteiger partial charge in [0, 0.05) is 16.8 Å². The lowest BCUT2D eigenvalue weighted by Gasteiger charge is -2.11. The Morgan fingerprint density at radius 2 is 2.17 bits per heavy atom. The van der Waals surface area contributed by atoms with Gasteiger partial charge in [0.1, 0.15) is 0 Å². The van der Waals surface area contributed by atoms with Gasteiger partial charge in [0.05, 0.1) is 0 Å². The third-order valence-corrected chi connectivity index (χ3v) is 2.19. The van der Waals surface area contributed by atoms with Crippen LogP contribution in [0.25, 0.3) is 0 Å². The molecule has 0 radical (unpaired) electrons. The van der Waals surface area contributed by atoms with Gasteiger partial charge in [-0.05, 0) is 24.1 Å². The van der Waals surface area contributed by atoms with E-state index in [-0.39, 0.29) is 6.04 Å². The number of halogens is 1. The van der Waals surface area contributed by atoms with Gasteiger partial charge in [0.25, 0.3) is 0 Å². The topological polar surface area (TPSA) is 52.0 Å². The summed E-state index contributed by atoms with van der Waals surface area (Å²) in [4.78, 5) is 0. The summed E-state index contributed by atoms with van der Waals surface area (Å²) in [5, 5.41) is 0.657. The summed E-state index contributed by atoms with van der Waals surface area (Å²) in [6.07, 6.45) is 0.879. The normalized spacial score (nSPS) is 12.9. The van der Waals surface area contributed by atoms with E-state index in [1.165, 1.54) is 0 Å². The monoisotopic (exact) mass is 184 g/mol. The van der Waals surface area contributed by atoms with Crippen LogP contribution in [-0.2, 0) is 0 Å². The van der Waals surface area contributed by atoms with E-state index in [2.05, 4.69) is 0 Å². The summed E-state index contributed by atoms with van der Waals surface area (Å²) >= 11 is 5.94. The summed E-state index contributed by atoms with van der Waals surface area (Å²) in [6.45, 7) is 2.03. The Balaban J connectivity index is 3.01. The van der Waals surface area contributed by atoms with Gasteiger partial charge < -0.3 is 11.5 Å². The fraction of sp³-hybridized carbons (Fsp3) is 0.333. The van der Waals surface area contributed by atoms with E-state index in [9.17, 15) is 0 Å². The molecule has 0 saturated carbocycles. The van der Waals surface area contributed by atoms with Crippen molar-refractivity contribution in [1.29, 1.82) is 0 Å². The molecule has 1 atom stereocenters. The van der Waals surface area contributed by atoms with Gasteiger partial charge in [0.2, 0.25) is 0 Å². The van der Waals surface area contributed by atoms with E-state index in [4.69, 9.17) is 23.1 Å². The molecule has 0 bridgehead atoms. The van der Waals surface area contributed by atoms with Crippen LogP contribution in [0.2, 0.25) is 5.02 Å². The molecule has 0 aliphatic heterocycles. The summed E-state index contributed by atoms with van der Waals surface area (Å²) < 4.78 is 0. The average molecular weight is 185 g/mol. The van der Waals surface area contributed by atoms with Crippen LogP contribution in [0.3, 0.4) is 0 Å². The molecule has 1 unspecified atom stereocenters. The lowest BCUT2D eigenvalue weighted by Crippen LogP contribution is -2.09. The molecule has 0 spiro atoms. The SMILES string of the molecule is CCC(N)c1ccc(N)cc1Cl. The highest BCUT2D eigenvalue weighted by molar-refractivity contribution is 6.31. The first-order valence-corrected chi connectivity index (χ1v) is 4.33. The smallest absolute Gasteiger partial charge is 0.0474 e. The zero-order valence-corrected chi connectivity index (χ0v) is 7.81. The minimum atomic E-state index is 0.0121. The van der Waals surface area contributed by atoms with Crippen LogP contribution in [0, 0.1) is 0 Å². The van der Waals surface area contributed by atoms with Crippen LogP contribution in [0.4, 0.5) is 5.69 Å². The Labute approximate surface area is 77.5 Å². The Morgan fingerprint density at radius 3 is 2.67 bits per heavy atom. The van der Waals surface area contributed by atoms with Crippen molar-refractivity contribution >= 4 is 17.3 Å². The van der Waals surface area contributed by atoms with E-state index >= 15 is 0 Å². The molecule has 4 N–H and O–H groups in total. The molecule has 3 heteroatoms.